The number of anilines is 3. The van der Waals surface area contributed by atoms with Gasteiger partial charge in [0.15, 0.2) is 16.7 Å². The van der Waals surface area contributed by atoms with Crippen molar-refractivity contribution in [2.45, 2.75) is 45.1 Å². The summed E-state index contributed by atoms with van der Waals surface area (Å²) in [6, 6.07) is 2.94. The van der Waals surface area contributed by atoms with Gasteiger partial charge in [0.1, 0.15) is 11.5 Å². The quantitative estimate of drug-likeness (QED) is 0.554. The van der Waals surface area contributed by atoms with Gasteiger partial charge in [0.05, 0.1) is 18.4 Å². The van der Waals surface area contributed by atoms with E-state index in [1.54, 1.807) is 6.07 Å². The number of ketones is 1. The van der Waals surface area contributed by atoms with Gasteiger partial charge in [0.25, 0.3) is 0 Å². The number of benzene rings is 1. The normalized spacial score (nSPS) is 16.7. The van der Waals surface area contributed by atoms with Crippen molar-refractivity contribution in [3.63, 3.8) is 0 Å². The molecule has 10 heteroatoms. The van der Waals surface area contributed by atoms with E-state index in [9.17, 15) is 9.18 Å². The molecule has 7 nitrogen and oxygen atoms in total. The number of thiazole rings is 1. The fourth-order valence-corrected chi connectivity index (χ4v) is 5.34. The predicted molar refractivity (Wildman–Crippen MR) is 129 cm³/mol. The smallest absolute Gasteiger partial charge is 0.229 e. The molecule has 2 aliphatic rings. The van der Waals surface area contributed by atoms with E-state index in [1.807, 2.05) is 24.1 Å². The van der Waals surface area contributed by atoms with Crippen LogP contribution in [0.2, 0.25) is 0 Å². The summed E-state index contributed by atoms with van der Waals surface area (Å²) < 4.78 is 29.8. The zero-order valence-corrected chi connectivity index (χ0v) is 19.9. The van der Waals surface area contributed by atoms with E-state index in [2.05, 4.69) is 25.6 Å². The lowest BCUT2D eigenvalue weighted by atomic mass is 9.96. The van der Waals surface area contributed by atoms with Gasteiger partial charge in [-0.15, -0.1) is 11.3 Å². The number of carbonyl (C=O) groups excluding carboxylic acids is 1. The molecule has 0 saturated carbocycles. The lowest BCUT2D eigenvalue weighted by molar-refractivity contribution is -0.117. The number of hydrogen-bond acceptors (Lipinski definition) is 8. The molecule has 0 aliphatic carbocycles. The molecule has 1 saturated heterocycles. The molecule has 0 amide bonds. The maximum atomic E-state index is 15.0. The topological polar surface area (TPSA) is 83.0 Å². The van der Waals surface area contributed by atoms with Gasteiger partial charge in [-0.05, 0) is 51.9 Å². The van der Waals surface area contributed by atoms with Gasteiger partial charge in [-0.3, -0.25) is 4.79 Å². The molecule has 0 unspecified atom stereocenters. The van der Waals surface area contributed by atoms with Crippen LogP contribution in [0.15, 0.2) is 23.7 Å². The summed E-state index contributed by atoms with van der Waals surface area (Å²) in [6.45, 7) is 6.04. The number of carbonyl (C=O) groups is 1. The van der Waals surface area contributed by atoms with Crippen molar-refractivity contribution in [2.75, 3.05) is 29.9 Å². The first-order chi connectivity index (χ1) is 16.4. The number of aromatic nitrogens is 3. The van der Waals surface area contributed by atoms with Gasteiger partial charge in [-0.1, -0.05) is 0 Å². The molecule has 2 aliphatic heterocycles. The lowest BCUT2D eigenvalue weighted by Gasteiger charge is -2.34. The summed E-state index contributed by atoms with van der Waals surface area (Å²) in [6.07, 6.45) is 3.20. The van der Waals surface area contributed by atoms with Crippen molar-refractivity contribution in [2.24, 2.45) is 0 Å². The van der Waals surface area contributed by atoms with Gasteiger partial charge >= 0.3 is 0 Å². The Morgan fingerprint density at radius 3 is 2.74 bits per heavy atom. The highest BCUT2D eigenvalue weighted by Crippen LogP contribution is 2.35. The summed E-state index contributed by atoms with van der Waals surface area (Å²) in [5.41, 5.74) is 2.28. The van der Waals surface area contributed by atoms with E-state index >= 15 is 4.39 Å². The van der Waals surface area contributed by atoms with Crippen molar-refractivity contribution >= 4 is 33.9 Å². The van der Waals surface area contributed by atoms with Crippen LogP contribution in [0.5, 0.6) is 0 Å². The molecular weight excluding hydrogens is 458 g/mol. The standard InChI is InChI=1S/C24H26F2N6OS/c1-13(2)32-11-16(33)9-17-18(25)7-15(8-21(17)32)22-19(26)10-28-23(30-22)31-24-29-20(12-34-24)14-3-5-27-6-4-14/h7-8,10,12-14,27H,3-6,9,11H2,1-2H3,(H,28,29,30,31). The monoisotopic (exact) mass is 484 g/mol. The molecule has 2 N–H and O–H groups in total. The number of nitrogens with zero attached hydrogens (tertiary/aromatic N) is 4. The molecule has 0 bridgehead atoms. The Kier molecular flexibility index (Phi) is 6.26. The number of hydrogen-bond donors (Lipinski definition) is 2. The Bertz CT molecular complexity index is 1220. The molecule has 2 aromatic heterocycles. The third kappa shape index (κ3) is 4.52. The Balaban J connectivity index is 1.44. The summed E-state index contributed by atoms with van der Waals surface area (Å²) in [5, 5.41) is 9.08. The molecule has 178 valence electrons. The number of nitrogens with one attached hydrogen (secondary N) is 2. The largest absolute Gasteiger partial charge is 0.361 e. The van der Waals surface area contributed by atoms with E-state index < -0.39 is 11.6 Å². The van der Waals surface area contributed by atoms with E-state index in [4.69, 9.17) is 0 Å². The van der Waals surface area contributed by atoms with Gasteiger partial charge in [-0.25, -0.2) is 23.7 Å². The SMILES string of the molecule is CC(C)N1CC(=O)Cc2c(F)cc(-c3nc(Nc4nc(C5CCNCC5)cs4)ncc3F)cc21. The van der Waals surface area contributed by atoms with Crippen LogP contribution in [0.1, 0.15) is 43.9 Å². The van der Waals surface area contributed by atoms with Crippen LogP contribution < -0.4 is 15.5 Å². The second-order valence-corrected chi connectivity index (χ2v) is 9.87. The van der Waals surface area contributed by atoms with Gasteiger partial charge in [0.2, 0.25) is 5.95 Å². The molecule has 0 radical (unpaired) electrons. The number of piperidine rings is 1. The number of fused-ring (bicyclic) bond motifs is 1. The molecule has 3 aromatic rings. The molecule has 5 rings (SSSR count). The molecule has 4 heterocycles. The van der Waals surface area contributed by atoms with Crippen molar-refractivity contribution in [1.82, 2.24) is 20.3 Å². The van der Waals surface area contributed by atoms with Gasteiger partial charge in [-0.2, -0.15) is 0 Å². The van der Waals surface area contributed by atoms with Crippen LogP contribution in [-0.4, -0.2) is 46.4 Å². The second-order valence-electron chi connectivity index (χ2n) is 9.01. The van der Waals surface area contributed by atoms with E-state index in [1.165, 1.54) is 17.4 Å². The third-order valence-electron chi connectivity index (χ3n) is 6.34. The van der Waals surface area contributed by atoms with Crippen LogP contribution >= 0.6 is 11.3 Å². The minimum absolute atomic E-state index is 0.00468. The van der Waals surface area contributed by atoms with E-state index in [0.29, 0.717) is 27.9 Å². The summed E-state index contributed by atoms with van der Waals surface area (Å²) in [5.74, 6) is -0.615. The number of Topliss-reactive ketones (excluding diaryl/α,β-unsaturated/α-hetero) is 1. The molecule has 1 aromatic carbocycles. The van der Waals surface area contributed by atoms with Crippen LogP contribution in [0.25, 0.3) is 11.3 Å². The minimum Gasteiger partial charge on any atom is -0.361 e. The van der Waals surface area contributed by atoms with Gasteiger partial charge < -0.3 is 15.5 Å². The minimum atomic E-state index is -0.651. The highest BCUT2D eigenvalue weighted by atomic mass is 32.1. The first-order valence-electron chi connectivity index (χ1n) is 11.5. The molecule has 0 atom stereocenters. The average Bonchev–Trinajstić information content (AvgIpc) is 3.29. The average molecular weight is 485 g/mol. The van der Waals surface area contributed by atoms with Crippen molar-refractivity contribution in [1.29, 1.82) is 0 Å². The summed E-state index contributed by atoms with van der Waals surface area (Å²) in [4.78, 5) is 27.0. The summed E-state index contributed by atoms with van der Waals surface area (Å²) in [7, 11) is 0. The highest BCUT2D eigenvalue weighted by Gasteiger charge is 2.28. The molecule has 34 heavy (non-hydrogen) atoms. The lowest BCUT2D eigenvalue weighted by Crippen LogP contribution is -2.40. The molecule has 0 spiro atoms. The summed E-state index contributed by atoms with van der Waals surface area (Å²) >= 11 is 1.45. The van der Waals surface area contributed by atoms with Crippen LogP contribution in [0.4, 0.5) is 25.5 Å². The maximum absolute atomic E-state index is 15.0. The van der Waals surface area contributed by atoms with Crippen LogP contribution in [-0.2, 0) is 11.2 Å². The zero-order chi connectivity index (χ0) is 23.8. The fraction of sp³-hybridized carbons (Fsp3) is 0.417. The predicted octanol–water partition coefficient (Wildman–Crippen LogP) is 4.43. The Hall–Kier alpha value is -2.98. The first kappa shape index (κ1) is 22.8. The number of halogens is 2. The zero-order valence-electron chi connectivity index (χ0n) is 19.1. The van der Waals surface area contributed by atoms with Crippen molar-refractivity contribution < 1.29 is 13.6 Å². The molecule has 1 fully saturated rings. The van der Waals surface area contributed by atoms with E-state index in [-0.39, 0.29) is 36.4 Å². The van der Waals surface area contributed by atoms with Crippen molar-refractivity contribution in [3.05, 3.63) is 46.6 Å². The Morgan fingerprint density at radius 1 is 1.18 bits per heavy atom. The van der Waals surface area contributed by atoms with E-state index in [0.717, 1.165) is 37.8 Å². The molecular formula is C24H26F2N6OS. The number of rotatable bonds is 5. The first-order valence-corrected chi connectivity index (χ1v) is 12.3. The Morgan fingerprint density at radius 2 is 1.97 bits per heavy atom. The van der Waals surface area contributed by atoms with Gasteiger partial charge in [0, 0.05) is 40.6 Å². The maximum Gasteiger partial charge on any atom is 0.229 e. The third-order valence-corrected chi connectivity index (χ3v) is 7.12. The van der Waals surface area contributed by atoms with Crippen LogP contribution in [0, 0.1) is 11.6 Å². The Labute approximate surface area is 200 Å². The highest BCUT2D eigenvalue weighted by molar-refractivity contribution is 7.13. The second kappa shape index (κ2) is 9.34. The van der Waals surface area contributed by atoms with Crippen LogP contribution in [0.3, 0.4) is 0 Å². The fourth-order valence-electron chi connectivity index (χ4n) is 4.55. The van der Waals surface area contributed by atoms with Crippen molar-refractivity contribution in [3.8, 4) is 11.3 Å².